The Bertz CT molecular complexity index is 1410. The number of nitrogens with one attached hydrogen (secondary N) is 1. The Hall–Kier alpha value is -3.35. The number of anilines is 1. The van der Waals surface area contributed by atoms with E-state index in [9.17, 15) is 26.4 Å². The quantitative estimate of drug-likeness (QED) is 0.253. The van der Waals surface area contributed by atoms with Gasteiger partial charge in [-0.15, -0.1) is 0 Å². The third-order valence-corrected chi connectivity index (χ3v) is 8.06. The molecule has 2 aromatic carbocycles. The second-order valence-electron chi connectivity index (χ2n) is 9.12. The molecule has 8 nitrogen and oxygen atoms in total. The van der Waals surface area contributed by atoms with E-state index < -0.39 is 32.9 Å². The average Bonchev–Trinajstić information content (AvgIpc) is 3.36. The van der Waals surface area contributed by atoms with E-state index in [1.54, 1.807) is 54.6 Å². The van der Waals surface area contributed by atoms with Crippen LogP contribution in [0.2, 0.25) is 0 Å². The fourth-order valence-corrected chi connectivity index (χ4v) is 6.14. The molecule has 1 saturated heterocycles. The van der Waals surface area contributed by atoms with Gasteiger partial charge in [0.05, 0.1) is 12.7 Å². The molecule has 0 radical (unpaired) electrons. The van der Waals surface area contributed by atoms with Crippen molar-refractivity contribution in [3.05, 3.63) is 83.6 Å². The number of rotatable bonds is 5. The molecule has 38 heavy (non-hydrogen) atoms. The lowest BCUT2D eigenvalue weighted by atomic mass is 9.73. The maximum absolute atomic E-state index is 13.9. The summed E-state index contributed by atoms with van der Waals surface area (Å²) in [6, 6.07) is 14.7. The number of methoxy groups -OCH3 is 1. The van der Waals surface area contributed by atoms with Crippen LogP contribution in [0, 0.1) is 0 Å². The normalized spacial score (nSPS) is 29.5. The molecular weight excluding hydrogens is 525 g/mol. The molecule has 3 atom stereocenters. The van der Waals surface area contributed by atoms with Gasteiger partial charge in [-0.25, -0.2) is 13.9 Å². The Labute approximate surface area is 217 Å². The summed E-state index contributed by atoms with van der Waals surface area (Å²) in [4.78, 5) is 14.5. The van der Waals surface area contributed by atoms with Crippen LogP contribution in [0.5, 0.6) is 5.75 Å². The van der Waals surface area contributed by atoms with Crippen molar-refractivity contribution in [2.24, 2.45) is 0 Å². The van der Waals surface area contributed by atoms with Crippen molar-refractivity contribution in [1.29, 1.82) is 0 Å². The number of benzene rings is 2. The molecule has 2 bridgehead atoms. The van der Waals surface area contributed by atoms with Crippen LogP contribution in [-0.4, -0.2) is 50.9 Å². The second kappa shape index (κ2) is 9.44. The lowest BCUT2D eigenvalue weighted by molar-refractivity contribution is -0.235. The highest BCUT2D eigenvalue weighted by atomic mass is 32.2. The first-order chi connectivity index (χ1) is 18.1. The van der Waals surface area contributed by atoms with Gasteiger partial charge in [0.15, 0.2) is 0 Å². The number of allylic oxidation sites excluding steroid dienone is 1. The number of nitrogens with zero attached hydrogens (tertiary/aromatic N) is 1. The van der Waals surface area contributed by atoms with Crippen molar-refractivity contribution in [2.45, 2.75) is 36.1 Å². The monoisotopic (exact) mass is 550 g/mol. The van der Waals surface area contributed by atoms with Gasteiger partial charge >= 0.3 is 27.5 Å². The van der Waals surface area contributed by atoms with Gasteiger partial charge in [-0.05, 0) is 49.1 Å². The molecular formula is C26H25F3N2O6S. The Morgan fingerprint density at radius 3 is 2.47 bits per heavy atom. The maximum Gasteiger partial charge on any atom is 0.523 e. The summed E-state index contributed by atoms with van der Waals surface area (Å²) >= 11 is 0. The predicted molar refractivity (Wildman–Crippen MR) is 131 cm³/mol. The number of alkyl halides is 3. The second-order valence-corrected chi connectivity index (χ2v) is 10.7. The Balaban J connectivity index is 1.89. The van der Waals surface area contributed by atoms with Crippen LogP contribution in [0.15, 0.2) is 78.0 Å². The van der Waals surface area contributed by atoms with Gasteiger partial charge < -0.3 is 14.8 Å². The van der Waals surface area contributed by atoms with Crippen LogP contribution in [0.3, 0.4) is 0 Å². The molecule has 12 heteroatoms. The molecule has 2 unspecified atom stereocenters. The number of hydrogen-bond acceptors (Lipinski definition) is 8. The number of carbonyl (C=O) groups is 1. The van der Waals surface area contributed by atoms with Gasteiger partial charge in [-0.1, -0.05) is 42.5 Å². The average molecular weight is 551 g/mol. The molecule has 1 fully saturated rings. The smallest absolute Gasteiger partial charge is 0.465 e. The van der Waals surface area contributed by atoms with Crippen molar-refractivity contribution in [2.75, 3.05) is 25.5 Å². The minimum absolute atomic E-state index is 0.0292. The number of para-hydroxylation sites is 2. The number of fused-ring (bicyclic) bond motifs is 2. The van der Waals surface area contributed by atoms with Crippen molar-refractivity contribution >= 4 is 21.8 Å². The summed E-state index contributed by atoms with van der Waals surface area (Å²) in [7, 11) is -5.00. The molecule has 3 aliphatic heterocycles. The molecule has 2 aromatic rings. The molecule has 1 spiro atoms. The first-order valence-electron chi connectivity index (χ1n) is 11.9. The van der Waals surface area contributed by atoms with Gasteiger partial charge in [0.25, 0.3) is 0 Å². The lowest BCUT2D eigenvalue weighted by Gasteiger charge is -2.46. The van der Waals surface area contributed by atoms with E-state index in [0.717, 1.165) is 0 Å². The molecule has 3 heterocycles. The fourth-order valence-electron chi connectivity index (χ4n) is 5.46. The van der Waals surface area contributed by atoms with Crippen molar-refractivity contribution in [3.8, 4) is 5.75 Å². The first kappa shape index (κ1) is 26.3. The maximum atomic E-state index is 13.9. The van der Waals surface area contributed by atoms with Gasteiger partial charge in [0.1, 0.15) is 11.2 Å². The molecule has 3 aliphatic rings. The van der Waals surface area contributed by atoms with Crippen LogP contribution in [0.4, 0.5) is 18.9 Å². The summed E-state index contributed by atoms with van der Waals surface area (Å²) in [6.45, 7) is 0.281. The molecule has 5 rings (SSSR count). The summed E-state index contributed by atoms with van der Waals surface area (Å²) < 4.78 is 83.8. The standard InChI is InChI=1S/C26H25F3N2O6S/c1-35-23(32)19-12-6-3-9-16-31-17-15-24(20-13-7-8-14-21(20)30-22(19)24)25(31,36-18-10-4-2-5-11-18)37-38(33,34)26(27,28)29/h2,4-8,10-14,30H,3,9,15-17H2,1H3/b12-6+,22-19-/t24-,25?/m0/s1. The zero-order chi connectivity index (χ0) is 27.2. The molecule has 0 amide bonds. The van der Waals surface area contributed by atoms with Gasteiger partial charge in [0, 0.05) is 24.5 Å². The number of halogens is 3. The van der Waals surface area contributed by atoms with E-state index in [1.807, 2.05) is 0 Å². The third kappa shape index (κ3) is 3.98. The number of ether oxygens (including phenoxy) is 2. The van der Waals surface area contributed by atoms with Crippen LogP contribution >= 0.6 is 0 Å². The van der Waals surface area contributed by atoms with Crippen molar-refractivity contribution in [1.82, 2.24) is 4.90 Å². The Kier molecular flexibility index (Phi) is 6.52. The Morgan fingerprint density at radius 2 is 1.76 bits per heavy atom. The van der Waals surface area contributed by atoms with E-state index in [-0.39, 0.29) is 36.5 Å². The molecule has 1 N–H and O–H groups in total. The first-order valence-corrected chi connectivity index (χ1v) is 13.3. The highest BCUT2D eigenvalue weighted by Crippen LogP contribution is 2.60. The van der Waals surface area contributed by atoms with Crippen LogP contribution in [0.1, 0.15) is 24.8 Å². The molecule has 0 aliphatic carbocycles. The highest BCUT2D eigenvalue weighted by molar-refractivity contribution is 7.87. The largest absolute Gasteiger partial charge is 0.523 e. The molecule has 202 valence electrons. The summed E-state index contributed by atoms with van der Waals surface area (Å²) in [5.74, 6) is -3.20. The lowest BCUT2D eigenvalue weighted by Crippen LogP contribution is -2.64. The van der Waals surface area contributed by atoms with Crippen molar-refractivity contribution < 1.29 is 40.0 Å². The molecule has 0 saturated carbocycles. The van der Waals surface area contributed by atoms with Gasteiger partial charge in [-0.2, -0.15) is 21.6 Å². The van der Waals surface area contributed by atoms with Gasteiger partial charge in [0.2, 0.25) is 0 Å². The summed E-state index contributed by atoms with van der Waals surface area (Å²) in [5.41, 5.74) is -6.34. The van der Waals surface area contributed by atoms with E-state index in [4.69, 9.17) is 13.7 Å². The number of carbonyl (C=O) groups excluding carboxylic acids is 1. The fraction of sp³-hybridized carbons (Fsp3) is 0.346. The van der Waals surface area contributed by atoms with Crippen molar-refractivity contribution in [3.63, 3.8) is 0 Å². The van der Waals surface area contributed by atoms with E-state index in [2.05, 4.69) is 5.32 Å². The van der Waals surface area contributed by atoms with Crippen LogP contribution < -0.4 is 10.1 Å². The zero-order valence-electron chi connectivity index (χ0n) is 20.3. The minimum atomic E-state index is -6.19. The third-order valence-electron chi connectivity index (χ3n) is 7.05. The van der Waals surface area contributed by atoms with E-state index >= 15 is 0 Å². The SMILES string of the molecule is COC(=O)C1=C2\Nc3ccccc3[C@@]23CCN(CCC\C=C\1)C3(Oc1ccccc1)OS(=O)(=O)C(F)(F)F. The zero-order valence-corrected chi connectivity index (χ0v) is 21.1. The molecule has 0 aromatic heterocycles. The Morgan fingerprint density at radius 1 is 1.05 bits per heavy atom. The van der Waals surface area contributed by atoms with E-state index in [1.165, 1.54) is 24.1 Å². The van der Waals surface area contributed by atoms with Crippen LogP contribution in [-0.2, 0) is 29.2 Å². The number of esters is 1. The number of hydrogen-bond donors (Lipinski definition) is 1. The predicted octanol–water partition coefficient (Wildman–Crippen LogP) is 4.43. The summed E-state index contributed by atoms with van der Waals surface area (Å²) in [6.07, 6.45) is 4.29. The van der Waals surface area contributed by atoms with Gasteiger partial charge in [-0.3, -0.25) is 0 Å². The summed E-state index contributed by atoms with van der Waals surface area (Å²) in [5, 5.41) is 3.17. The van der Waals surface area contributed by atoms with E-state index in [0.29, 0.717) is 24.1 Å². The minimum Gasteiger partial charge on any atom is -0.465 e. The van der Waals surface area contributed by atoms with Crippen LogP contribution in [0.25, 0.3) is 0 Å². The topological polar surface area (TPSA) is 94.2 Å². The highest BCUT2D eigenvalue weighted by Gasteiger charge is 2.72.